The predicted molar refractivity (Wildman–Crippen MR) is 81.5 cm³/mol. The van der Waals surface area contributed by atoms with Crippen LogP contribution in [0, 0.1) is 12.3 Å². The SMILES string of the molecule is Cc1ccc(C(=O)C(=N)C(CN)c2ccccc2)cc1. The third kappa shape index (κ3) is 3.00. The van der Waals surface area contributed by atoms with Crippen molar-refractivity contribution in [1.29, 1.82) is 5.41 Å². The van der Waals surface area contributed by atoms with Crippen molar-refractivity contribution in [3.8, 4) is 0 Å². The van der Waals surface area contributed by atoms with E-state index in [9.17, 15) is 4.79 Å². The van der Waals surface area contributed by atoms with E-state index in [0.717, 1.165) is 11.1 Å². The molecule has 0 aliphatic carbocycles. The molecule has 2 aromatic carbocycles. The van der Waals surface area contributed by atoms with E-state index in [0.29, 0.717) is 5.56 Å². The highest BCUT2D eigenvalue weighted by molar-refractivity contribution is 6.46. The molecule has 2 aromatic rings. The zero-order chi connectivity index (χ0) is 14.5. The molecule has 3 heteroatoms. The summed E-state index contributed by atoms with van der Waals surface area (Å²) in [5, 5.41) is 8.15. The Hall–Kier alpha value is -2.26. The molecule has 0 amide bonds. The van der Waals surface area contributed by atoms with E-state index in [2.05, 4.69) is 0 Å². The molecule has 2 rings (SSSR count). The number of nitrogens with one attached hydrogen (secondary N) is 1. The van der Waals surface area contributed by atoms with Crippen molar-refractivity contribution < 1.29 is 4.79 Å². The van der Waals surface area contributed by atoms with Crippen molar-refractivity contribution in [2.24, 2.45) is 5.73 Å². The molecule has 102 valence electrons. The van der Waals surface area contributed by atoms with Gasteiger partial charge in [-0.15, -0.1) is 0 Å². The minimum Gasteiger partial charge on any atom is -0.329 e. The summed E-state index contributed by atoms with van der Waals surface area (Å²) in [7, 11) is 0. The molecule has 3 N–H and O–H groups in total. The molecule has 0 aliphatic heterocycles. The minimum absolute atomic E-state index is 0.0440. The lowest BCUT2D eigenvalue weighted by atomic mass is 9.89. The van der Waals surface area contributed by atoms with Gasteiger partial charge in [-0.25, -0.2) is 0 Å². The number of hydrogen-bond donors (Lipinski definition) is 2. The number of aryl methyl sites for hydroxylation is 1. The van der Waals surface area contributed by atoms with Crippen LogP contribution in [0.3, 0.4) is 0 Å². The summed E-state index contributed by atoms with van der Waals surface area (Å²) >= 11 is 0. The molecule has 0 bridgehead atoms. The monoisotopic (exact) mass is 266 g/mol. The molecule has 0 radical (unpaired) electrons. The van der Waals surface area contributed by atoms with Crippen LogP contribution in [0.1, 0.15) is 27.4 Å². The van der Waals surface area contributed by atoms with Crippen LogP contribution in [0.2, 0.25) is 0 Å². The topological polar surface area (TPSA) is 66.9 Å². The molecule has 0 fully saturated rings. The Labute approximate surface area is 118 Å². The van der Waals surface area contributed by atoms with Crippen LogP contribution in [-0.2, 0) is 0 Å². The molecule has 20 heavy (non-hydrogen) atoms. The highest BCUT2D eigenvalue weighted by Crippen LogP contribution is 2.18. The van der Waals surface area contributed by atoms with E-state index in [4.69, 9.17) is 11.1 Å². The second-order valence-corrected chi connectivity index (χ2v) is 4.81. The van der Waals surface area contributed by atoms with Gasteiger partial charge in [0.15, 0.2) is 0 Å². The second-order valence-electron chi connectivity index (χ2n) is 4.81. The Kier molecular flexibility index (Phi) is 4.43. The van der Waals surface area contributed by atoms with Crippen LogP contribution in [-0.4, -0.2) is 18.0 Å². The number of carbonyl (C=O) groups is 1. The van der Waals surface area contributed by atoms with Gasteiger partial charge in [0.2, 0.25) is 5.78 Å². The minimum atomic E-state index is -0.356. The van der Waals surface area contributed by atoms with Gasteiger partial charge in [-0.3, -0.25) is 4.79 Å². The first kappa shape index (κ1) is 14.2. The van der Waals surface area contributed by atoms with Crippen LogP contribution >= 0.6 is 0 Å². The van der Waals surface area contributed by atoms with E-state index >= 15 is 0 Å². The third-order valence-electron chi connectivity index (χ3n) is 3.34. The number of Topliss-reactive ketones (excluding diaryl/α,β-unsaturated/α-hetero) is 1. The molecule has 3 nitrogen and oxygen atoms in total. The average Bonchev–Trinajstić information content (AvgIpc) is 2.49. The number of rotatable bonds is 5. The molecule has 0 saturated heterocycles. The van der Waals surface area contributed by atoms with Crippen molar-refractivity contribution in [2.45, 2.75) is 12.8 Å². The number of nitrogens with two attached hydrogens (primary N) is 1. The molecule has 0 aliphatic rings. The van der Waals surface area contributed by atoms with E-state index in [-0.39, 0.29) is 24.0 Å². The van der Waals surface area contributed by atoms with E-state index in [1.807, 2.05) is 49.4 Å². The fraction of sp³-hybridized carbons (Fsp3) is 0.176. The smallest absolute Gasteiger partial charge is 0.207 e. The lowest BCUT2D eigenvalue weighted by Crippen LogP contribution is -2.27. The lowest BCUT2D eigenvalue weighted by molar-refractivity contribution is 0.106. The number of carbonyl (C=O) groups excluding carboxylic acids is 1. The van der Waals surface area contributed by atoms with Crippen molar-refractivity contribution in [3.63, 3.8) is 0 Å². The van der Waals surface area contributed by atoms with Crippen LogP contribution in [0.4, 0.5) is 0 Å². The van der Waals surface area contributed by atoms with Gasteiger partial charge in [0, 0.05) is 18.0 Å². The number of hydrogen-bond acceptors (Lipinski definition) is 3. The van der Waals surface area contributed by atoms with Gasteiger partial charge < -0.3 is 11.1 Å². The Balaban J connectivity index is 2.25. The summed E-state index contributed by atoms with van der Waals surface area (Å²) in [6.07, 6.45) is 0. The third-order valence-corrected chi connectivity index (χ3v) is 3.34. The number of benzene rings is 2. The largest absolute Gasteiger partial charge is 0.329 e. The zero-order valence-corrected chi connectivity index (χ0v) is 11.5. The van der Waals surface area contributed by atoms with Crippen molar-refractivity contribution in [1.82, 2.24) is 0 Å². The Bertz CT molecular complexity index is 603. The van der Waals surface area contributed by atoms with Crippen molar-refractivity contribution in [3.05, 3.63) is 71.3 Å². The maximum absolute atomic E-state index is 12.3. The molecule has 1 atom stereocenters. The quantitative estimate of drug-likeness (QED) is 0.645. The summed E-state index contributed by atoms with van der Waals surface area (Å²) < 4.78 is 0. The summed E-state index contributed by atoms with van der Waals surface area (Å²) in [5.41, 5.74) is 8.33. The first-order valence-corrected chi connectivity index (χ1v) is 6.58. The predicted octanol–water partition coefficient (Wildman–Crippen LogP) is 2.94. The van der Waals surface area contributed by atoms with Crippen molar-refractivity contribution in [2.75, 3.05) is 6.54 Å². The fourth-order valence-electron chi connectivity index (χ4n) is 2.12. The average molecular weight is 266 g/mol. The molecule has 0 heterocycles. The van der Waals surface area contributed by atoms with Gasteiger partial charge >= 0.3 is 0 Å². The Morgan fingerprint density at radius 1 is 1.10 bits per heavy atom. The van der Waals surface area contributed by atoms with Gasteiger partial charge in [-0.1, -0.05) is 60.2 Å². The normalized spacial score (nSPS) is 11.9. The van der Waals surface area contributed by atoms with Crippen LogP contribution in [0.15, 0.2) is 54.6 Å². The molecule has 1 unspecified atom stereocenters. The van der Waals surface area contributed by atoms with Crippen LogP contribution in [0.25, 0.3) is 0 Å². The van der Waals surface area contributed by atoms with E-state index in [1.54, 1.807) is 12.1 Å². The van der Waals surface area contributed by atoms with Crippen molar-refractivity contribution >= 4 is 11.5 Å². The highest BCUT2D eigenvalue weighted by Gasteiger charge is 2.22. The maximum atomic E-state index is 12.3. The molecule has 0 spiro atoms. The fourth-order valence-corrected chi connectivity index (χ4v) is 2.12. The Morgan fingerprint density at radius 3 is 2.25 bits per heavy atom. The molecule has 0 saturated carbocycles. The van der Waals surface area contributed by atoms with E-state index in [1.165, 1.54) is 0 Å². The first-order chi connectivity index (χ1) is 9.63. The summed E-state index contributed by atoms with van der Waals surface area (Å²) in [6, 6.07) is 16.7. The van der Waals surface area contributed by atoms with Gasteiger partial charge in [0.25, 0.3) is 0 Å². The zero-order valence-electron chi connectivity index (χ0n) is 11.5. The van der Waals surface area contributed by atoms with Gasteiger partial charge in [0.1, 0.15) is 0 Å². The summed E-state index contributed by atoms with van der Waals surface area (Å²) in [5.74, 6) is -0.616. The Morgan fingerprint density at radius 2 is 1.70 bits per heavy atom. The van der Waals surface area contributed by atoms with Gasteiger partial charge in [-0.2, -0.15) is 0 Å². The molecular formula is C17H18N2O. The van der Waals surface area contributed by atoms with Crippen LogP contribution in [0.5, 0.6) is 0 Å². The molecular weight excluding hydrogens is 248 g/mol. The van der Waals surface area contributed by atoms with Crippen LogP contribution < -0.4 is 5.73 Å². The highest BCUT2D eigenvalue weighted by atomic mass is 16.1. The second kappa shape index (κ2) is 6.26. The summed E-state index contributed by atoms with van der Waals surface area (Å²) in [4.78, 5) is 12.3. The van der Waals surface area contributed by atoms with E-state index < -0.39 is 0 Å². The first-order valence-electron chi connectivity index (χ1n) is 6.58. The lowest BCUT2D eigenvalue weighted by Gasteiger charge is -2.15. The standard InChI is InChI=1S/C17H18N2O/c1-12-7-9-14(10-8-12)17(20)16(19)15(11-18)13-5-3-2-4-6-13/h2-10,15,19H,11,18H2,1H3. The maximum Gasteiger partial charge on any atom is 0.207 e. The van der Waals surface area contributed by atoms with Gasteiger partial charge in [0.05, 0.1) is 5.71 Å². The molecule has 0 aromatic heterocycles. The van der Waals surface area contributed by atoms with Gasteiger partial charge in [-0.05, 0) is 12.5 Å². The number of ketones is 1. The summed E-state index contributed by atoms with van der Waals surface area (Å²) in [6.45, 7) is 2.21.